The van der Waals surface area contributed by atoms with Crippen molar-refractivity contribution >= 4 is 11.8 Å². The molecule has 0 unspecified atom stereocenters. The summed E-state index contributed by atoms with van der Waals surface area (Å²) in [7, 11) is 0. The Balaban J connectivity index is 2.16. The fraction of sp³-hybridized carbons (Fsp3) is 0.391. The summed E-state index contributed by atoms with van der Waals surface area (Å²) in [6.45, 7) is 9.30. The van der Waals surface area contributed by atoms with Crippen molar-refractivity contribution in [2.24, 2.45) is 0 Å². The highest BCUT2D eigenvalue weighted by Crippen LogP contribution is 2.19. The van der Waals surface area contributed by atoms with Crippen molar-refractivity contribution in [2.75, 3.05) is 6.61 Å². The second-order valence-electron chi connectivity index (χ2n) is 7.54. The van der Waals surface area contributed by atoms with Gasteiger partial charge in [-0.15, -0.1) is 0 Å². The zero-order chi connectivity index (χ0) is 21.6. The smallest absolute Gasteiger partial charge is 0.261 e. The van der Waals surface area contributed by atoms with Gasteiger partial charge in [0.2, 0.25) is 5.91 Å². The van der Waals surface area contributed by atoms with Gasteiger partial charge in [-0.25, -0.2) is 4.39 Å². The molecule has 0 radical (unpaired) electrons. The van der Waals surface area contributed by atoms with E-state index in [9.17, 15) is 14.0 Å². The van der Waals surface area contributed by atoms with Gasteiger partial charge in [0.15, 0.2) is 6.61 Å². The molecule has 2 aromatic rings. The Morgan fingerprint density at radius 2 is 1.72 bits per heavy atom. The molecule has 0 aliphatic heterocycles. The quantitative estimate of drug-likeness (QED) is 0.734. The predicted octanol–water partition coefficient (Wildman–Crippen LogP) is 3.76. The van der Waals surface area contributed by atoms with Gasteiger partial charge in [-0.2, -0.15) is 0 Å². The molecule has 0 heterocycles. The predicted molar refractivity (Wildman–Crippen MR) is 111 cm³/mol. The largest absolute Gasteiger partial charge is 0.483 e. The highest BCUT2D eigenvalue weighted by atomic mass is 19.1. The molecule has 0 aliphatic carbocycles. The number of aryl methyl sites for hydroxylation is 2. The first-order chi connectivity index (χ1) is 13.7. The normalized spacial score (nSPS) is 11.8. The number of nitrogens with one attached hydrogen (secondary N) is 1. The van der Waals surface area contributed by atoms with Gasteiger partial charge in [-0.05, 0) is 63.9 Å². The van der Waals surface area contributed by atoms with Crippen LogP contribution in [0.1, 0.15) is 37.5 Å². The van der Waals surface area contributed by atoms with E-state index in [4.69, 9.17) is 4.74 Å². The summed E-state index contributed by atoms with van der Waals surface area (Å²) in [6.07, 6.45) is 0. The van der Waals surface area contributed by atoms with E-state index in [-0.39, 0.29) is 36.8 Å². The first-order valence-electron chi connectivity index (χ1n) is 9.71. The molecule has 5 nitrogen and oxygen atoms in total. The van der Waals surface area contributed by atoms with Gasteiger partial charge in [0, 0.05) is 12.6 Å². The van der Waals surface area contributed by atoms with Crippen LogP contribution in [0.15, 0.2) is 42.5 Å². The number of ether oxygens (including phenoxy) is 1. The lowest BCUT2D eigenvalue weighted by atomic mass is 10.1. The molecule has 0 aliphatic rings. The molecule has 0 bridgehead atoms. The number of benzene rings is 2. The maximum Gasteiger partial charge on any atom is 0.261 e. The van der Waals surface area contributed by atoms with Crippen molar-refractivity contribution in [1.82, 2.24) is 10.2 Å². The van der Waals surface area contributed by atoms with Crippen LogP contribution in [0, 0.1) is 19.7 Å². The number of carbonyl (C=O) groups is 2. The average Bonchev–Trinajstić information content (AvgIpc) is 2.65. The molecule has 0 fully saturated rings. The first-order valence-corrected chi connectivity index (χ1v) is 9.71. The minimum Gasteiger partial charge on any atom is -0.483 e. The van der Waals surface area contributed by atoms with E-state index in [2.05, 4.69) is 5.32 Å². The summed E-state index contributed by atoms with van der Waals surface area (Å²) in [6, 6.07) is 10.9. The van der Waals surface area contributed by atoms with Gasteiger partial charge in [-0.3, -0.25) is 9.59 Å². The number of carbonyl (C=O) groups excluding carboxylic acids is 2. The highest BCUT2D eigenvalue weighted by molar-refractivity contribution is 5.88. The second kappa shape index (κ2) is 10.0. The van der Waals surface area contributed by atoms with Crippen molar-refractivity contribution in [3.8, 4) is 5.75 Å². The molecule has 29 heavy (non-hydrogen) atoms. The Labute approximate surface area is 171 Å². The van der Waals surface area contributed by atoms with Crippen molar-refractivity contribution in [3.05, 3.63) is 65.0 Å². The van der Waals surface area contributed by atoms with Gasteiger partial charge in [-0.1, -0.05) is 29.8 Å². The van der Waals surface area contributed by atoms with Gasteiger partial charge in [0.1, 0.15) is 17.6 Å². The van der Waals surface area contributed by atoms with Crippen LogP contribution in [0.4, 0.5) is 4.39 Å². The molecule has 2 aromatic carbocycles. The molecule has 0 spiro atoms. The van der Waals surface area contributed by atoms with Crippen molar-refractivity contribution in [2.45, 2.75) is 53.2 Å². The molecular formula is C23H29FN2O3. The van der Waals surface area contributed by atoms with Crippen LogP contribution in [0.5, 0.6) is 5.75 Å². The van der Waals surface area contributed by atoms with Crippen LogP contribution in [0.2, 0.25) is 0 Å². The summed E-state index contributed by atoms with van der Waals surface area (Å²) < 4.78 is 18.9. The van der Waals surface area contributed by atoms with E-state index < -0.39 is 6.04 Å². The van der Waals surface area contributed by atoms with Gasteiger partial charge in [0.25, 0.3) is 5.91 Å². The van der Waals surface area contributed by atoms with E-state index in [1.807, 2.05) is 45.9 Å². The number of hydrogen-bond acceptors (Lipinski definition) is 3. The van der Waals surface area contributed by atoms with Crippen LogP contribution in [0.3, 0.4) is 0 Å². The fourth-order valence-electron chi connectivity index (χ4n) is 2.96. The number of rotatable bonds is 8. The van der Waals surface area contributed by atoms with E-state index in [1.54, 1.807) is 19.1 Å². The summed E-state index contributed by atoms with van der Waals surface area (Å²) in [5.41, 5.74) is 2.78. The summed E-state index contributed by atoms with van der Waals surface area (Å²) in [4.78, 5) is 26.9. The van der Waals surface area contributed by atoms with Crippen LogP contribution in [-0.4, -0.2) is 35.4 Å². The Kier molecular flexibility index (Phi) is 7.76. The zero-order valence-electron chi connectivity index (χ0n) is 17.7. The Morgan fingerprint density at radius 3 is 2.31 bits per heavy atom. The Bertz CT molecular complexity index is 850. The third kappa shape index (κ3) is 6.59. The monoisotopic (exact) mass is 400 g/mol. The molecule has 2 rings (SSSR count). The molecule has 156 valence electrons. The standard InChI is InChI=1S/C23H29FN2O3/c1-15(2)25-23(28)18(5)26(13-19-7-9-20(24)10-8-19)22(27)14-29-21-11-6-16(3)12-17(21)4/h6-12,15,18H,13-14H2,1-5H3,(H,25,28)/t18-/m1/s1. The lowest BCUT2D eigenvalue weighted by Crippen LogP contribution is -2.50. The zero-order valence-corrected chi connectivity index (χ0v) is 17.7. The summed E-state index contributed by atoms with van der Waals surface area (Å²) >= 11 is 0. The lowest BCUT2D eigenvalue weighted by Gasteiger charge is -2.29. The molecule has 2 amide bonds. The molecule has 6 heteroatoms. The summed E-state index contributed by atoms with van der Waals surface area (Å²) in [5, 5.41) is 2.83. The molecule has 0 saturated carbocycles. The third-order valence-electron chi connectivity index (χ3n) is 4.55. The van der Waals surface area contributed by atoms with E-state index in [0.29, 0.717) is 5.75 Å². The minimum absolute atomic E-state index is 0.0424. The molecular weight excluding hydrogens is 371 g/mol. The van der Waals surface area contributed by atoms with Crippen LogP contribution >= 0.6 is 0 Å². The molecule has 0 saturated heterocycles. The van der Waals surface area contributed by atoms with Crippen molar-refractivity contribution < 1.29 is 18.7 Å². The second-order valence-corrected chi connectivity index (χ2v) is 7.54. The molecule has 1 atom stereocenters. The van der Waals surface area contributed by atoms with Crippen LogP contribution < -0.4 is 10.1 Å². The minimum atomic E-state index is -0.697. The molecule has 0 aromatic heterocycles. The maximum atomic E-state index is 13.2. The van der Waals surface area contributed by atoms with Gasteiger partial charge < -0.3 is 15.0 Å². The van der Waals surface area contributed by atoms with Gasteiger partial charge in [0.05, 0.1) is 0 Å². The highest BCUT2D eigenvalue weighted by Gasteiger charge is 2.27. The molecule has 1 N–H and O–H groups in total. The number of halogens is 1. The van der Waals surface area contributed by atoms with E-state index in [1.165, 1.54) is 17.0 Å². The van der Waals surface area contributed by atoms with Crippen LogP contribution in [0.25, 0.3) is 0 Å². The van der Waals surface area contributed by atoms with E-state index in [0.717, 1.165) is 16.7 Å². The Morgan fingerprint density at radius 1 is 1.07 bits per heavy atom. The van der Waals surface area contributed by atoms with Crippen molar-refractivity contribution in [3.63, 3.8) is 0 Å². The number of nitrogens with zero attached hydrogens (tertiary/aromatic N) is 1. The van der Waals surface area contributed by atoms with E-state index >= 15 is 0 Å². The van der Waals surface area contributed by atoms with Crippen LogP contribution in [-0.2, 0) is 16.1 Å². The maximum absolute atomic E-state index is 13.2. The fourth-order valence-corrected chi connectivity index (χ4v) is 2.96. The number of amides is 2. The third-order valence-corrected chi connectivity index (χ3v) is 4.55. The lowest BCUT2D eigenvalue weighted by molar-refractivity contribution is -0.142. The average molecular weight is 400 g/mol. The Hall–Kier alpha value is -2.89. The summed E-state index contributed by atoms with van der Waals surface area (Å²) in [5.74, 6) is -0.289. The van der Waals surface area contributed by atoms with Crippen molar-refractivity contribution in [1.29, 1.82) is 0 Å². The van der Waals surface area contributed by atoms with Gasteiger partial charge >= 0.3 is 0 Å². The SMILES string of the molecule is Cc1ccc(OCC(=O)N(Cc2ccc(F)cc2)[C@H](C)C(=O)NC(C)C)c(C)c1. The first kappa shape index (κ1) is 22.4. The number of hydrogen-bond donors (Lipinski definition) is 1. The topological polar surface area (TPSA) is 58.6 Å².